The highest BCUT2D eigenvalue weighted by atomic mass is 79.9. The smallest absolute Gasteiger partial charge is 0.174 e. The molecule has 84 valence electrons. The van der Waals surface area contributed by atoms with Gasteiger partial charge < -0.3 is 0 Å². The van der Waals surface area contributed by atoms with Crippen molar-refractivity contribution >= 4 is 33.7 Å². The molecule has 0 saturated carbocycles. The van der Waals surface area contributed by atoms with Crippen LogP contribution in [-0.2, 0) is 5.54 Å². The predicted molar refractivity (Wildman–Crippen MR) is 69.1 cm³/mol. The minimum Gasteiger partial charge on any atom is -0.268 e. The van der Waals surface area contributed by atoms with Crippen molar-refractivity contribution in [3.05, 3.63) is 34.9 Å². The molecule has 0 aliphatic carbocycles. The molecule has 0 fully saturated rings. The Labute approximate surface area is 112 Å². The molecule has 17 heavy (non-hydrogen) atoms. The molecular weight excluding hydrogens is 302 g/mol. The van der Waals surface area contributed by atoms with E-state index in [1.807, 2.05) is 0 Å². The van der Waals surface area contributed by atoms with Crippen LogP contribution in [0.25, 0.3) is 0 Å². The molecule has 0 amide bonds. The number of aliphatic imine (C=N–C) groups is 1. The third-order valence-electron chi connectivity index (χ3n) is 2.70. The fourth-order valence-corrected chi connectivity index (χ4v) is 2.41. The van der Waals surface area contributed by atoms with Crippen LogP contribution in [0.2, 0.25) is 5.02 Å². The molecule has 2 rings (SSSR count). The normalized spacial score (nSPS) is 30.8. The summed E-state index contributed by atoms with van der Waals surface area (Å²) in [5, 5.41) is 19.0. The van der Waals surface area contributed by atoms with Gasteiger partial charge in [0.2, 0.25) is 0 Å². The topological polar surface area (TPSA) is 59.9 Å². The third kappa shape index (κ3) is 2.07. The molecule has 0 N–H and O–H groups in total. The van der Waals surface area contributed by atoms with E-state index in [2.05, 4.69) is 33.1 Å². The van der Waals surface area contributed by atoms with E-state index in [0.717, 1.165) is 5.56 Å². The minimum absolute atomic E-state index is 0.300. The van der Waals surface area contributed by atoms with Gasteiger partial charge in [0, 0.05) is 17.7 Å². The van der Waals surface area contributed by atoms with Gasteiger partial charge in [-0.1, -0.05) is 39.7 Å². The summed E-state index contributed by atoms with van der Waals surface area (Å²) < 4.78 is -0.859. The molecule has 5 heteroatoms. The first-order valence-electron chi connectivity index (χ1n) is 4.87. The molecular formula is C12H7BrClN3. The van der Waals surface area contributed by atoms with Crippen molar-refractivity contribution in [2.45, 2.75) is 16.3 Å². The molecule has 0 bridgehead atoms. The first-order valence-corrected chi connectivity index (χ1v) is 6.05. The Morgan fingerprint density at radius 3 is 2.35 bits per heavy atom. The van der Waals surface area contributed by atoms with Crippen molar-refractivity contribution in [2.24, 2.45) is 4.99 Å². The monoisotopic (exact) mass is 307 g/mol. The maximum Gasteiger partial charge on any atom is 0.174 e. The standard InChI is InChI=1S/C12H7BrClN3/c13-11(6-15)5-12(7-16,17-8-11)9-1-3-10(14)4-2-9/h1-4,8H,5H2. The quantitative estimate of drug-likeness (QED) is 0.748. The van der Waals surface area contributed by atoms with Gasteiger partial charge in [-0.05, 0) is 17.7 Å². The van der Waals surface area contributed by atoms with Crippen LogP contribution < -0.4 is 0 Å². The third-order valence-corrected chi connectivity index (χ3v) is 3.61. The summed E-state index contributed by atoms with van der Waals surface area (Å²) in [6.07, 6.45) is 1.79. The number of alkyl halides is 1. The SMILES string of the molecule is N#CC1(Br)C=NC(C#N)(c2ccc(Cl)cc2)C1. The van der Waals surface area contributed by atoms with Gasteiger partial charge >= 0.3 is 0 Å². The van der Waals surface area contributed by atoms with Crippen LogP contribution in [0.5, 0.6) is 0 Å². The molecule has 0 saturated heterocycles. The van der Waals surface area contributed by atoms with Crippen LogP contribution in [0, 0.1) is 22.7 Å². The van der Waals surface area contributed by atoms with Crippen LogP contribution >= 0.6 is 27.5 Å². The van der Waals surface area contributed by atoms with Crippen molar-refractivity contribution in [3.63, 3.8) is 0 Å². The summed E-state index contributed by atoms with van der Waals surface area (Å²) in [7, 11) is 0. The van der Waals surface area contributed by atoms with Gasteiger partial charge in [0.1, 0.15) is 0 Å². The predicted octanol–water partition coefficient (Wildman–Crippen LogP) is 3.19. The van der Waals surface area contributed by atoms with Gasteiger partial charge in [-0.2, -0.15) is 10.5 Å². The number of hydrogen-bond donors (Lipinski definition) is 0. The van der Waals surface area contributed by atoms with Crippen molar-refractivity contribution in [2.75, 3.05) is 0 Å². The molecule has 0 radical (unpaired) electrons. The van der Waals surface area contributed by atoms with E-state index >= 15 is 0 Å². The Balaban J connectivity index is 2.44. The Kier molecular flexibility index (Phi) is 2.95. The summed E-state index contributed by atoms with van der Waals surface area (Å²) in [4.78, 5) is 4.21. The molecule has 1 aliphatic rings. The van der Waals surface area contributed by atoms with Gasteiger partial charge in [-0.3, -0.25) is 4.99 Å². The zero-order valence-corrected chi connectivity index (χ0v) is 11.0. The Hall–Kier alpha value is -1.36. The van der Waals surface area contributed by atoms with Crippen molar-refractivity contribution in [3.8, 4) is 12.1 Å². The number of rotatable bonds is 1. The molecule has 3 nitrogen and oxygen atoms in total. The maximum atomic E-state index is 9.34. The average molecular weight is 309 g/mol. The molecule has 2 unspecified atom stereocenters. The zero-order chi connectivity index (χ0) is 12.5. The van der Waals surface area contributed by atoms with Gasteiger partial charge in [0.15, 0.2) is 9.86 Å². The van der Waals surface area contributed by atoms with Gasteiger partial charge in [-0.15, -0.1) is 0 Å². The second-order valence-corrected chi connectivity index (χ2v) is 5.74. The van der Waals surface area contributed by atoms with Crippen LogP contribution in [0.15, 0.2) is 29.3 Å². The lowest BCUT2D eigenvalue weighted by molar-refractivity contribution is 0.563. The summed E-state index contributed by atoms with van der Waals surface area (Å²) in [6.45, 7) is 0. The molecule has 1 heterocycles. The molecule has 1 aromatic rings. The van der Waals surface area contributed by atoms with Crippen molar-refractivity contribution < 1.29 is 0 Å². The van der Waals surface area contributed by atoms with Crippen LogP contribution in [0.3, 0.4) is 0 Å². The fourth-order valence-electron chi connectivity index (χ4n) is 1.78. The highest BCUT2D eigenvalue weighted by Gasteiger charge is 2.46. The highest BCUT2D eigenvalue weighted by Crippen LogP contribution is 2.42. The van der Waals surface area contributed by atoms with E-state index in [1.54, 1.807) is 24.3 Å². The number of benzene rings is 1. The lowest BCUT2D eigenvalue weighted by Gasteiger charge is -2.20. The van der Waals surface area contributed by atoms with Gasteiger partial charge in [0.05, 0.1) is 12.1 Å². The van der Waals surface area contributed by atoms with Crippen LogP contribution in [0.1, 0.15) is 12.0 Å². The lowest BCUT2D eigenvalue weighted by atomic mass is 9.86. The van der Waals surface area contributed by atoms with Gasteiger partial charge in [0.25, 0.3) is 0 Å². The summed E-state index contributed by atoms with van der Waals surface area (Å²) >= 11 is 9.09. The minimum atomic E-state index is -0.996. The van der Waals surface area contributed by atoms with E-state index in [0.29, 0.717) is 11.4 Å². The van der Waals surface area contributed by atoms with Crippen LogP contribution in [-0.4, -0.2) is 10.5 Å². The second-order valence-electron chi connectivity index (χ2n) is 3.89. The molecule has 1 aromatic carbocycles. The number of nitrogens with zero attached hydrogens (tertiary/aromatic N) is 3. The van der Waals surface area contributed by atoms with Crippen molar-refractivity contribution in [1.82, 2.24) is 0 Å². The molecule has 0 spiro atoms. The van der Waals surface area contributed by atoms with Gasteiger partial charge in [-0.25, -0.2) is 0 Å². The summed E-state index contributed by atoms with van der Waals surface area (Å²) in [5.41, 5.74) is -0.249. The Morgan fingerprint density at radius 2 is 1.88 bits per heavy atom. The molecule has 1 aliphatic heterocycles. The van der Waals surface area contributed by atoms with Crippen LogP contribution in [0.4, 0.5) is 0 Å². The summed E-state index contributed by atoms with van der Waals surface area (Å²) in [5.74, 6) is 0. The van der Waals surface area contributed by atoms with E-state index in [9.17, 15) is 5.26 Å². The molecule has 0 aromatic heterocycles. The van der Waals surface area contributed by atoms with E-state index in [1.165, 1.54) is 6.21 Å². The fraction of sp³-hybridized carbons (Fsp3) is 0.250. The first-order chi connectivity index (χ1) is 8.03. The first kappa shape index (κ1) is 12.1. The lowest BCUT2D eigenvalue weighted by Crippen LogP contribution is -2.25. The Morgan fingerprint density at radius 1 is 1.24 bits per heavy atom. The van der Waals surface area contributed by atoms with E-state index in [4.69, 9.17) is 16.9 Å². The van der Waals surface area contributed by atoms with E-state index < -0.39 is 9.86 Å². The Bertz CT molecular complexity index is 555. The number of halogens is 2. The van der Waals surface area contributed by atoms with E-state index in [-0.39, 0.29) is 0 Å². The summed E-state index contributed by atoms with van der Waals surface area (Å²) in [6, 6.07) is 11.2. The maximum absolute atomic E-state index is 9.34. The zero-order valence-electron chi connectivity index (χ0n) is 8.69. The average Bonchev–Trinajstić information content (AvgIpc) is 2.70. The number of hydrogen-bond acceptors (Lipinski definition) is 3. The largest absolute Gasteiger partial charge is 0.268 e. The highest BCUT2D eigenvalue weighted by molar-refractivity contribution is 9.10. The molecule has 2 atom stereocenters. The van der Waals surface area contributed by atoms with Crippen molar-refractivity contribution in [1.29, 1.82) is 10.5 Å². The second kappa shape index (κ2) is 4.14. The number of nitriles is 2.